The van der Waals surface area contributed by atoms with E-state index in [-0.39, 0.29) is 12.3 Å². The first-order valence-corrected chi connectivity index (χ1v) is 5.64. The number of carboxylic acid groups (broad SMARTS) is 1. The molecule has 0 aliphatic carbocycles. The first kappa shape index (κ1) is 12.3. The molecule has 0 amide bonds. The first-order valence-electron chi connectivity index (χ1n) is 5.64. The van der Waals surface area contributed by atoms with Gasteiger partial charge in [-0.15, -0.1) is 10.2 Å². The molecular formula is C12H14N2O4. The molecule has 96 valence electrons. The van der Waals surface area contributed by atoms with Gasteiger partial charge in [-0.1, -0.05) is 6.92 Å². The molecule has 2 heterocycles. The minimum Gasteiger partial charge on any atom is -0.481 e. The van der Waals surface area contributed by atoms with Crippen molar-refractivity contribution < 1.29 is 18.7 Å². The Morgan fingerprint density at radius 1 is 1.50 bits per heavy atom. The van der Waals surface area contributed by atoms with Gasteiger partial charge in [0.1, 0.15) is 12.0 Å². The molecule has 0 fully saturated rings. The highest BCUT2D eigenvalue weighted by molar-refractivity contribution is 5.66. The van der Waals surface area contributed by atoms with Crippen molar-refractivity contribution in [3.63, 3.8) is 0 Å². The second-order valence-corrected chi connectivity index (χ2v) is 4.35. The van der Waals surface area contributed by atoms with Crippen LogP contribution in [0.5, 0.6) is 0 Å². The molecule has 18 heavy (non-hydrogen) atoms. The third-order valence-corrected chi connectivity index (χ3v) is 2.49. The molecule has 0 radical (unpaired) electrons. The predicted octanol–water partition coefficient (Wildman–Crippen LogP) is 2.29. The summed E-state index contributed by atoms with van der Waals surface area (Å²) < 4.78 is 10.6. The lowest BCUT2D eigenvalue weighted by molar-refractivity contribution is -0.137. The summed E-state index contributed by atoms with van der Waals surface area (Å²) >= 11 is 0. The smallest absolute Gasteiger partial charge is 0.303 e. The van der Waals surface area contributed by atoms with Gasteiger partial charge in [0.05, 0.1) is 5.56 Å². The van der Waals surface area contributed by atoms with Crippen LogP contribution in [0.4, 0.5) is 0 Å². The zero-order valence-electron chi connectivity index (χ0n) is 10.2. The molecule has 0 spiro atoms. The van der Waals surface area contributed by atoms with Crippen LogP contribution < -0.4 is 0 Å². The Bertz CT molecular complexity index is 544. The molecule has 0 aliphatic rings. The topological polar surface area (TPSA) is 89.4 Å². The molecule has 1 atom stereocenters. The molecule has 6 nitrogen and oxygen atoms in total. The van der Waals surface area contributed by atoms with E-state index in [1.807, 2.05) is 13.8 Å². The van der Waals surface area contributed by atoms with Crippen molar-refractivity contribution in [2.45, 2.75) is 26.7 Å². The average molecular weight is 250 g/mol. The van der Waals surface area contributed by atoms with E-state index in [9.17, 15) is 4.79 Å². The van der Waals surface area contributed by atoms with Gasteiger partial charge < -0.3 is 13.9 Å². The molecule has 0 aliphatic heterocycles. The van der Waals surface area contributed by atoms with E-state index in [0.29, 0.717) is 18.2 Å². The second-order valence-electron chi connectivity index (χ2n) is 4.35. The molecular weight excluding hydrogens is 236 g/mol. The number of carbonyl (C=O) groups is 1. The normalized spacial score (nSPS) is 12.6. The van der Waals surface area contributed by atoms with Gasteiger partial charge in [0, 0.05) is 12.8 Å². The fourth-order valence-corrected chi connectivity index (χ4v) is 1.68. The minimum atomic E-state index is -0.826. The molecule has 0 saturated carbocycles. The molecule has 2 aromatic heterocycles. The number of hydrogen-bond acceptors (Lipinski definition) is 5. The molecule has 1 N–H and O–H groups in total. The summed E-state index contributed by atoms with van der Waals surface area (Å²) in [6.45, 7) is 3.66. The Hall–Kier alpha value is -2.11. The van der Waals surface area contributed by atoms with Gasteiger partial charge in [-0.3, -0.25) is 4.79 Å². The molecule has 6 heteroatoms. The van der Waals surface area contributed by atoms with Crippen molar-refractivity contribution in [1.82, 2.24) is 10.2 Å². The maximum absolute atomic E-state index is 10.6. The van der Waals surface area contributed by atoms with E-state index < -0.39 is 5.97 Å². The monoisotopic (exact) mass is 250 g/mol. The molecule has 1 unspecified atom stereocenters. The van der Waals surface area contributed by atoms with Crippen LogP contribution >= 0.6 is 0 Å². The Labute approximate surface area is 104 Å². The van der Waals surface area contributed by atoms with E-state index in [1.165, 1.54) is 0 Å². The SMILES string of the molecule is Cc1cc(-c2nnc(CC(C)CC(=O)O)o2)co1. The van der Waals surface area contributed by atoms with Crippen LogP contribution in [0.25, 0.3) is 11.5 Å². The van der Waals surface area contributed by atoms with Crippen molar-refractivity contribution in [3.05, 3.63) is 24.0 Å². The molecule has 0 bridgehead atoms. The summed E-state index contributed by atoms with van der Waals surface area (Å²) in [6, 6.07) is 1.80. The van der Waals surface area contributed by atoms with Crippen LogP contribution in [0.1, 0.15) is 25.0 Å². The van der Waals surface area contributed by atoms with E-state index in [0.717, 1.165) is 11.3 Å². The maximum atomic E-state index is 10.6. The third kappa shape index (κ3) is 2.97. The summed E-state index contributed by atoms with van der Waals surface area (Å²) in [5.74, 6) is 0.737. The highest BCUT2D eigenvalue weighted by Gasteiger charge is 2.15. The molecule has 0 saturated heterocycles. The van der Waals surface area contributed by atoms with Crippen LogP contribution in [0.3, 0.4) is 0 Å². The number of hydrogen-bond donors (Lipinski definition) is 1. The van der Waals surface area contributed by atoms with Crippen molar-refractivity contribution in [2.75, 3.05) is 0 Å². The summed E-state index contributed by atoms with van der Waals surface area (Å²) in [7, 11) is 0. The summed E-state index contributed by atoms with van der Waals surface area (Å²) in [6.07, 6.45) is 2.09. The molecule has 2 aromatic rings. The van der Waals surface area contributed by atoms with Crippen LogP contribution in [0, 0.1) is 12.8 Å². The standard InChI is InChI=1S/C12H14N2O4/c1-7(4-11(15)16)3-10-13-14-12(18-10)9-5-8(2)17-6-9/h5-7H,3-4H2,1-2H3,(H,15,16). The Morgan fingerprint density at radius 3 is 2.89 bits per heavy atom. The van der Waals surface area contributed by atoms with Crippen molar-refractivity contribution in [1.29, 1.82) is 0 Å². The third-order valence-electron chi connectivity index (χ3n) is 2.49. The van der Waals surface area contributed by atoms with Crippen molar-refractivity contribution >= 4 is 5.97 Å². The van der Waals surface area contributed by atoms with E-state index >= 15 is 0 Å². The number of carboxylic acids is 1. The lowest BCUT2D eigenvalue weighted by Crippen LogP contribution is -2.07. The fraction of sp³-hybridized carbons (Fsp3) is 0.417. The van der Waals surface area contributed by atoms with Gasteiger partial charge in [-0.25, -0.2) is 0 Å². The number of nitrogens with zero attached hydrogens (tertiary/aromatic N) is 2. The Morgan fingerprint density at radius 2 is 2.28 bits per heavy atom. The Kier molecular flexibility index (Phi) is 3.45. The Balaban J connectivity index is 2.04. The van der Waals surface area contributed by atoms with Gasteiger partial charge in [-0.2, -0.15) is 0 Å². The van der Waals surface area contributed by atoms with Gasteiger partial charge in [0.15, 0.2) is 0 Å². The van der Waals surface area contributed by atoms with Gasteiger partial charge in [0.2, 0.25) is 5.89 Å². The summed E-state index contributed by atoms with van der Waals surface area (Å²) in [4.78, 5) is 10.6. The van der Waals surface area contributed by atoms with Crippen LogP contribution in [0.15, 0.2) is 21.2 Å². The van der Waals surface area contributed by atoms with E-state index in [4.69, 9.17) is 13.9 Å². The predicted molar refractivity (Wildman–Crippen MR) is 61.9 cm³/mol. The van der Waals surface area contributed by atoms with E-state index in [2.05, 4.69) is 10.2 Å². The summed E-state index contributed by atoms with van der Waals surface area (Å²) in [5.41, 5.74) is 0.733. The first-order chi connectivity index (χ1) is 8.54. The highest BCUT2D eigenvalue weighted by atomic mass is 16.4. The lowest BCUT2D eigenvalue weighted by Gasteiger charge is -2.03. The minimum absolute atomic E-state index is 0.0399. The number of aliphatic carboxylic acids is 1. The second kappa shape index (κ2) is 5.03. The number of rotatable bonds is 5. The number of furan rings is 1. The summed E-state index contributed by atoms with van der Waals surface area (Å²) in [5, 5.41) is 16.5. The largest absolute Gasteiger partial charge is 0.481 e. The van der Waals surface area contributed by atoms with Crippen LogP contribution in [0.2, 0.25) is 0 Å². The number of aromatic nitrogens is 2. The average Bonchev–Trinajstić information content (AvgIpc) is 2.85. The quantitative estimate of drug-likeness (QED) is 0.875. The van der Waals surface area contributed by atoms with Crippen LogP contribution in [-0.4, -0.2) is 21.3 Å². The number of aryl methyl sites for hydroxylation is 1. The zero-order chi connectivity index (χ0) is 13.1. The van der Waals surface area contributed by atoms with Gasteiger partial charge >= 0.3 is 5.97 Å². The van der Waals surface area contributed by atoms with Crippen molar-refractivity contribution in [3.8, 4) is 11.5 Å². The van der Waals surface area contributed by atoms with E-state index in [1.54, 1.807) is 12.3 Å². The van der Waals surface area contributed by atoms with Crippen molar-refractivity contribution in [2.24, 2.45) is 5.92 Å². The maximum Gasteiger partial charge on any atom is 0.303 e. The highest BCUT2D eigenvalue weighted by Crippen LogP contribution is 2.21. The lowest BCUT2D eigenvalue weighted by atomic mass is 10.0. The van der Waals surface area contributed by atoms with Gasteiger partial charge in [0.25, 0.3) is 5.89 Å². The van der Waals surface area contributed by atoms with Crippen LogP contribution in [-0.2, 0) is 11.2 Å². The molecule has 0 aromatic carbocycles. The fourth-order valence-electron chi connectivity index (χ4n) is 1.68. The van der Waals surface area contributed by atoms with Gasteiger partial charge in [-0.05, 0) is 18.9 Å². The zero-order valence-corrected chi connectivity index (χ0v) is 10.2. The molecule has 2 rings (SSSR count).